The van der Waals surface area contributed by atoms with E-state index in [1.54, 1.807) is 6.26 Å². The van der Waals surface area contributed by atoms with E-state index in [1.165, 1.54) is 48.3 Å². The van der Waals surface area contributed by atoms with Crippen molar-refractivity contribution in [2.24, 2.45) is 4.99 Å². The average Bonchev–Trinajstić information content (AvgIpc) is 2.87. The second kappa shape index (κ2) is 6.85. The second-order valence-corrected chi connectivity index (χ2v) is 5.93. The Kier molecular flexibility index (Phi) is 4.78. The number of carbonyl (C=O) groups excluding carboxylic acids is 1. The van der Waals surface area contributed by atoms with Gasteiger partial charge in [-0.25, -0.2) is 4.98 Å². The van der Waals surface area contributed by atoms with Gasteiger partial charge in [0, 0.05) is 23.5 Å². The van der Waals surface area contributed by atoms with Crippen molar-refractivity contribution >= 4 is 40.1 Å². The number of rotatable bonds is 2. The van der Waals surface area contributed by atoms with Crippen LogP contribution >= 0.6 is 23.4 Å². The number of amides is 1. The lowest BCUT2D eigenvalue weighted by molar-refractivity contribution is -0.286. The lowest BCUT2D eigenvalue weighted by Gasteiger charge is -2.08. The summed E-state index contributed by atoms with van der Waals surface area (Å²) in [6.45, 7) is 0. The highest BCUT2D eigenvalue weighted by molar-refractivity contribution is 8.13. The van der Waals surface area contributed by atoms with Gasteiger partial charge in [0.25, 0.3) is 5.91 Å². The third-order valence-corrected chi connectivity index (χ3v) is 3.81. The Hall–Kier alpha value is -2.39. The van der Waals surface area contributed by atoms with Crippen molar-refractivity contribution in [3.8, 4) is 11.5 Å². The maximum absolute atomic E-state index is 13.0. The lowest BCUT2D eigenvalue weighted by Crippen LogP contribution is -2.25. The summed E-state index contributed by atoms with van der Waals surface area (Å²) in [7, 11) is 0. The molecule has 0 radical (unpaired) electrons. The number of pyridine rings is 1. The number of amidine groups is 1. The molecule has 2 aromatic rings. The van der Waals surface area contributed by atoms with E-state index in [1.807, 2.05) is 0 Å². The number of benzene rings is 1. The summed E-state index contributed by atoms with van der Waals surface area (Å²) >= 11 is 6.92. The van der Waals surface area contributed by atoms with Crippen molar-refractivity contribution in [2.75, 3.05) is 11.6 Å². The molecule has 0 bridgehead atoms. The van der Waals surface area contributed by atoms with E-state index >= 15 is 0 Å². The van der Waals surface area contributed by atoms with Gasteiger partial charge in [0.2, 0.25) is 0 Å². The predicted octanol–water partition coefficient (Wildman–Crippen LogP) is 4.03. The van der Waals surface area contributed by atoms with Gasteiger partial charge in [-0.1, -0.05) is 23.4 Å². The molecule has 0 saturated heterocycles. The molecule has 0 atom stereocenters. The molecule has 0 fully saturated rings. The van der Waals surface area contributed by atoms with Gasteiger partial charge in [0.1, 0.15) is 5.15 Å². The Balaban J connectivity index is 1.78. The first-order chi connectivity index (χ1) is 11.9. The summed E-state index contributed by atoms with van der Waals surface area (Å²) < 4.78 is 34.8. The van der Waals surface area contributed by atoms with Crippen molar-refractivity contribution in [1.29, 1.82) is 0 Å². The standard InChI is InChI=1S/C15H10ClF2N3O3S/c1-25-14(21-13(22)8-4-5-19-12(16)6-8)20-9-2-3-10-11(7-9)24-15(17,18)23-10/h2-7H,1H3,(H,20,21,22). The van der Waals surface area contributed by atoms with Crippen molar-refractivity contribution in [1.82, 2.24) is 4.98 Å². The second-order valence-electron chi connectivity index (χ2n) is 4.75. The zero-order valence-electron chi connectivity index (χ0n) is 12.6. The molecule has 6 nitrogen and oxygen atoms in total. The van der Waals surface area contributed by atoms with Gasteiger partial charge in [-0.05, 0) is 30.5 Å². The van der Waals surface area contributed by atoms with Gasteiger partial charge in [-0.3, -0.25) is 4.79 Å². The molecular weight excluding hydrogens is 376 g/mol. The van der Waals surface area contributed by atoms with Crippen LogP contribution in [0.3, 0.4) is 0 Å². The van der Waals surface area contributed by atoms with Crippen LogP contribution in [0, 0.1) is 0 Å². The molecule has 0 saturated carbocycles. The first-order valence-corrected chi connectivity index (χ1v) is 8.42. The van der Waals surface area contributed by atoms with Crippen LogP contribution in [0.5, 0.6) is 11.5 Å². The fraction of sp³-hybridized carbons (Fsp3) is 0.133. The van der Waals surface area contributed by atoms with Crippen molar-refractivity contribution in [2.45, 2.75) is 6.29 Å². The number of nitrogens with one attached hydrogen (secondary N) is 1. The van der Waals surface area contributed by atoms with Crippen molar-refractivity contribution < 1.29 is 23.0 Å². The Morgan fingerprint density at radius 3 is 2.76 bits per heavy atom. The number of aromatic nitrogens is 1. The van der Waals surface area contributed by atoms with Crippen LogP contribution in [0.4, 0.5) is 14.5 Å². The number of alkyl halides is 2. The molecule has 1 aliphatic rings. The first-order valence-electron chi connectivity index (χ1n) is 6.82. The van der Waals surface area contributed by atoms with Crippen LogP contribution < -0.4 is 14.8 Å². The molecule has 1 aliphatic heterocycles. The minimum absolute atomic E-state index is 0.0688. The maximum atomic E-state index is 13.0. The minimum Gasteiger partial charge on any atom is -0.395 e. The van der Waals surface area contributed by atoms with Crippen LogP contribution in [0.25, 0.3) is 0 Å². The zero-order chi connectivity index (χ0) is 18.0. The average molecular weight is 386 g/mol. The smallest absolute Gasteiger partial charge is 0.395 e. The number of fused-ring (bicyclic) bond motifs is 1. The minimum atomic E-state index is -3.69. The summed E-state index contributed by atoms with van der Waals surface area (Å²) in [5.41, 5.74) is 0.687. The van der Waals surface area contributed by atoms with E-state index in [0.717, 1.165) is 0 Å². The number of thioether (sulfide) groups is 1. The van der Waals surface area contributed by atoms with Crippen LogP contribution in [-0.4, -0.2) is 28.6 Å². The maximum Gasteiger partial charge on any atom is 0.586 e. The number of anilines is 1. The molecule has 130 valence electrons. The fourth-order valence-corrected chi connectivity index (χ4v) is 2.54. The quantitative estimate of drug-likeness (QED) is 0.478. The lowest BCUT2D eigenvalue weighted by atomic mass is 10.2. The fourth-order valence-electron chi connectivity index (χ4n) is 1.97. The third-order valence-electron chi connectivity index (χ3n) is 3.02. The van der Waals surface area contributed by atoms with Crippen molar-refractivity contribution in [3.05, 3.63) is 47.2 Å². The summed E-state index contributed by atoms with van der Waals surface area (Å²) in [5, 5.41) is 3.31. The SMILES string of the molecule is CSC(=NC(=O)c1ccnc(Cl)c1)Nc1ccc2c(c1)OC(F)(F)O2. The number of carbonyl (C=O) groups is 1. The Labute approximate surface area is 150 Å². The van der Waals surface area contributed by atoms with E-state index in [9.17, 15) is 13.6 Å². The number of ether oxygens (including phenoxy) is 2. The molecule has 0 unspecified atom stereocenters. The summed E-state index contributed by atoms with van der Waals surface area (Å²) in [5.74, 6) is -0.697. The molecule has 0 aliphatic carbocycles. The first kappa shape index (κ1) is 17.4. The Bertz CT molecular complexity index is 864. The van der Waals surface area contributed by atoms with Gasteiger partial charge in [-0.15, -0.1) is 8.78 Å². The molecule has 1 aromatic heterocycles. The molecular formula is C15H10ClF2N3O3S. The van der Waals surface area contributed by atoms with E-state index in [4.69, 9.17) is 11.6 Å². The van der Waals surface area contributed by atoms with E-state index in [-0.39, 0.29) is 27.4 Å². The van der Waals surface area contributed by atoms with Crippen LogP contribution in [0.1, 0.15) is 10.4 Å². The molecule has 1 amide bonds. The highest BCUT2D eigenvalue weighted by Gasteiger charge is 2.43. The highest BCUT2D eigenvalue weighted by atomic mass is 35.5. The third kappa shape index (κ3) is 4.18. The van der Waals surface area contributed by atoms with Gasteiger partial charge in [0.05, 0.1) is 0 Å². The molecule has 1 N–H and O–H groups in total. The molecule has 25 heavy (non-hydrogen) atoms. The summed E-state index contributed by atoms with van der Waals surface area (Å²) in [6.07, 6.45) is -0.580. The normalized spacial score (nSPS) is 15.1. The molecule has 3 rings (SSSR count). The predicted molar refractivity (Wildman–Crippen MR) is 90.8 cm³/mol. The number of aliphatic imine (C=N–C) groups is 1. The van der Waals surface area contributed by atoms with Gasteiger partial charge in [-0.2, -0.15) is 4.99 Å². The van der Waals surface area contributed by atoms with E-state index < -0.39 is 12.2 Å². The van der Waals surface area contributed by atoms with Gasteiger partial charge >= 0.3 is 6.29 Å². The summed E-state index contributed by atoms with van der Waals surface area (Å²) in [4.78, 5) is 19.9. The molecule has 0 spiro atoms. The number of nitrogens with zero attached hydrogens (tertiary/aromatic N) is 2. The summed E-state index contributed by atoms with van der Waals surface area (Å²) in [6, 6.07) is 7.05. The van der Waals surface area contributed by atoms with Gasteiger partial charge < -0.3 is 14.8 Å². The number of hydrogen-bond donors (Lipinski definition) is 1. The van der Waals surface area contributed by atoms with Crippen molar-refractivity contribution in [3.63, 3.8) is 0 Å². The van der Waals surface area contributed by atoms with Crippen LogP contribution in [-0.2, 0) is 0 Å². The largest absolute Gasteiger partial charge is 0.586 e. The topological polar surface area (TPSA) is 72.8 Å². The number of hydrogen-bond acceptors (Lipinski definition) is 5. The van der Waals surface area contributed by atoms with Crippen LogP contribution in [0.15, 0.2) is 41.5 Å². The Morgan fingerprint density at radius 1 is 1.28 bits per heavy atom. The van der Waals surface area contributed by atoms with Gasteiger partial charge in [0.15, 0.2) is 16.7 Å². The number of halogens is 3. The van der Waals surface area contributed by atoms with E-state index in [2.05, 4.69) is 24.8 Å². The monoisotopic (exact) mass is 385 g/mol. The zero-order valence-corrected chi connectivity index (χ0v) is 14.2. The molecule has 1 aromatic carbocycles. The highest BCUT2D eigenvalue weighted by Crippen LogP contribution is 2.42. The van der Waals surface area contributed by atoms with E-state index in [0.29, 0.717) is 5.69 Å². The molecule has 2 heterocycles. The van der Waals surface area contributed by atoms with Crippen LogP contribution in [0.2, 0.25) is 5.15 Å². The molecule has 10 heteroatoms. The Morgan fingerprint density at radius 2 is 2.04 bits per heavy atom.